The molecule has 8 heteroatoms. The van der Waals surface area contributed by atoms with Crippen LogP contribution in [0.1, 0.15) is 30.4 Å². The average Bonchev–Trinajstić information content (AvgIpc) is 3.61. The maximum atomic E-state index is 15.3. The standard InChI is InChI=1S/C28H32F3N3O2/c1-32-12-11-26(25(31)17-32)33(15-19-7-8-19)27(36)34-16-20(23-13-22(29)9-10-24(23)30)14-28(34,18-35)21-5-3-2-4-6-21/h2-6,9-10,13-14,19,25-26,35H,7-8,11-12,15-18H2,1H3/t25?,26?,28-/m1/s1. The highest BCUT2D eigenvalue weighted by Gasteiger charge is 2.48. The van der Waals surface area contributed by atoms with E-state index in [-0.39, 0.29) is 24.7 Å². The first kappa shape index (κ1) is 24.8. The number of piperidine rings is 1. The van der Waals surface area contributed by atoms with Crippen LogP contribution in [0, 0.1) is 17.6 Å². The van der Waals surface area contributed by atoms with Gasteiger partial charge in [0.2, 0.25) is 0 Å². The number of halogens is 3. The minimum Gasteiger partial charge on any atom is -0.393 e. The average molecular weight is 500 g/mol. The van der Waals surface area contributed by atoms with E-state index >= 15 is 4.39 Å². The summed E-state index contributed by atoms with van der Waals surface area (Å²) in [5.74, 6) is -0.865. The molecule has 2 unspecified atom stereocenters. The molecule has 0 aromatic heterocycles. The van der Waals surface area contributed by atoms with E-state index in [9.17, 15) is 18.7 Å². The van der Waals surface area contributed by atoms with E-state index in [1.165, 1.54) is 4.90 Å². The molecule has 0 bridgehead atoms. The van der Waals surface area contributed by atoms with Crippen LogP contribution in [0.2, 0.25) is 0 Å². The molecule has 2 aliphatic heterocycles. The van der Waals surface area contributed by atoms with Crippen molar-refractivity contribution >= 4 is 11.6 Å². The predicted molar refractivity (Wildman–Crippen MR) is 132 cm³/mol. The third-order valence-corrected chi connectivity index (χ3v) is 7.75. The number of carbonyl (C=O) groups is 1. The van der Waals surface area contributed by atoms with Crippen LogP contribution in [0.25, 0.3) is 5.57 Å². The van der Waals surface area contributed by atoms with Gasteiger partial charge < -0.3 is 19.8 Å². The highest BCUT2D eigenvalue weighted by Crippen LogP contribution is 2.42. The van der Waals surface area contributed by atoms with E-state index in [1.54, 1.807) is 35.2 Å². The zero-order valence-electron chi connectivity index (χ0n) is 20.4. The summed E-state index contributed by atoms with van der Waals surface area (Å²) in [5, 5.41) is 10.7. The second kappa shape index (κ2) is 9.90. The Morgan fingerprint density at radius 3 is 2.56 bits per heavy atom. The number of nitrogens with zero attached hydrogens (tertiary/aromatic N) is 3. The van der Waals surface area contributed by atoms with E-state index in [1.807, 2.05) is 18.0 Å². The monoisotopic (exact) mass is 499 g/mol. The fourth-order valence-corrected chi connectivity index (χ4v) is 5.54. The number of carbonyl (C=O) groups excluding carboxylic acids is 1. The van der Waals surface area contributed by atoms with Crippen LogP contribution in [0.4, 0.5) is 18.0 Å². The van der Waals surface area contributed by atoms with E-state index < -0.39 is 36.0 Å². The first-order valence-electron chi connectivity index (χ1n) is 12.6. The van der Waals surface area contributed by atoms with Gasteiger partial charge in [-0.25, -0.2) is 18.0 Å². The Morgan fingerprint density at radius 2 is 1.89 bits per heavy atom. The van der Waals surface area contributed by atoms with Crippen LogP contribution in [0.3, 0.4) is 0 Å². The van der Waals surface area contributed by atoms with E-state index in [0.29, 0.717) is 36.6 Å². The van der Waals surface area contributed by atoms with Gasteiger partial charge in [0.05, 0.1) is 12.6 Å². The van der Waals surface area contributed by atoms with Crippen LogP contribution in [-0.4, -0.2) is 77.9 Å². The van der Waals surface area contributed by atoms with Crippen molar-refractivity contribution in [2.75, 3.05) is 39.8 Å². The second-order valence-corrected chi connectivity index (χ2v) is 10.3. The molecule has 1 saturated carbocycles. The lowest BCUT2D eigenvalue weighted by molar-refractivity contribution is 0.0299. The first-order valence-corrected chi connectivity index (χ1v) is 12.6. The van der Waals surface area contributed by atoms with Crippen molar-refractivity contribution in [2.24, 2.45) is 5.92 Å². The van der Waals surface area contributed by atoms with Gasteiger partial charge in [-0.3, -0.25) is 0 Å². The van der Waals surface area contributed by atoms with Gasteiger partial charge in [-0.15, -0.1) is 0 Å². The quantitative estimate of drug-likeness (QED) is 0.640. The summed E-state index contributed by atoms with van der Waals surface area (Å²) < 4.78 is 44.2. The first-order chi connectivity index (χ1) is 17.3. The lowest BCUT2D eigenvalue weighted by Crippen LogP contribution is -2.60. The molecule has 3 atom stereocenters. The summed E-state index contributed by atoms with van der Waals surface area (Å²) in [7, 11) is 1.87. The normalized spacial score (nSPS) is 26.7. The number of urea groups is 1. The van der Waals surface area contributed by atoms with Crippen molar-refractivity contribution in [1.82, 2.24) is 14.7 Å². The van der Waals surface area contributed by atoms with Crippen LogP contribution in [-0.2, 0) is 5.54 Å². The zero-order valence-corrected chi connectivity index (χ0v) is 20.4. The molecule has 5 rings (SSSR count). The molecule has 1 saturated heterocycles. The van der Waals surface area contributed by atoms with Gasteiger partial charge in [0.15, 0.2) is 0 Å². The number of aliphatic hydroxyl groups excluding tert-OH is 1. The number of rotatable bonds is 6. The van der Waals surface area contributed by atoms with Crippen molar-refractivity contribution in [3.8, 4) is 0 Å². The number of amides is 2. The fraction of sp³-hybridized carbons (Fsp3) is 0.464. The van der Waals surface area contributed by atoms with Gasteiger partial charge in [0.1, 0.15) is 23.3 Å². The van der Waals surface area contributed by atoms with E-state index in [4.69, 9.17) is 0 Å². The molecule has 2 heterocycles. The maximum absolute atomic E-state index is 15.3. The van der Waals surface area contributed by atoms with E-state index in [2.05, 4.69) is 0 Å². The SMILES string of the molecule is CN1CCC(N(CC2CC2)C(=O)N2CC(c3cc(F)ccc3F)=C[C@@]2(CO)c2ccccc2)C(F)C1. The van der Waals surface area contributed by atoms with Gasteiger partial charge in [0.25, 0.3) is 0 Å². The number of alkyl halides is 1. The van der Waals surface area contributed by atoms with Gasteiger partial charge in [0, 0.05) is 31.7 Å². The number of benzene rings is 2. The lowest BCUT2D eigenvalue weighted by atomic mass is 9.89. The Labute approximate surface area is 209 Å². The molecule has 192 valence electrons. The van der Waals surface area contributed by atoms with Crippen LogP contribution in [0.5, 0.6) is 0 Å². The van der Waals surface area contributed by atoms with Crippen molar-refractivity contribution in [2.45, 2.75) is 37.0 Å². The molecular weight excluding hydrogens is 467 g/mol. The fourth-order valence-electron chi connectivity index (χ4n) is 5.54. The van der Waals surface area contributed by atoms with Crippen LogP contribution >= 0.6 is 0 Å². The third kappa shape index (κ3) is 4.64. The molecule has 2 fully saturated rings. The van der Waals surface area contributed by atoms with Crippen molar-refractivity contribution in [3.63, 3.8) is 0 Å². The van der Waals surface area contributed by atoms with E-state index in [0.717, 1.165) is 31.0 Å². The lowest BCUT2D eigenvalue weighted by Gasteiger charge is -2.45. The number of hydrogen-bond donors (Lipinski definition) is 1. The van der Waals surface area contributed by atoms with Crippen LogP contribution in [0.15, 0.2) is 54.6 Å². The topological polar surface area (TPSA) is 47.0 Å². The smallest absolute Gasteiger partial charge is 0.321 e. The Hall–Kier alpha value is -2.84. The van der Waals surface area contributed by atoms with Gasteiger partial charge in [-0.05, 0) is 67.6 Å². The van der Waals surface area contributed by atoms with Gasteiger partial charge >= 0.3 is 6.03 Å². The summed E-state index contributed by atoms with van der Waals surface area (Å²) in [6.07, 6.45) is 2.97. The molecule has 0 spiro atoms. The van der Waals surface area contributed by atoms with Gasteiger partial charge in [-0.2, -0.15) is 0 Å². The van der Waals surface area contributed by atoms with Crippen LogP contribution < -0.4 is 0 Å². The second-order valence-electron chi connectivity index (χ2n) is 10.3. The molecule has 2 aromatic rings. The van der Waals surface area contributed by atoms with Gasteiger partial charge in [-0.1, -0.05) is 30.3 Å². The molecule has 1 aliphatic carbocycles. The molecule has 0 radical (unpaired) electrons. The maximum Gasteiger partial charge on any atom is 0.321 e. The molecule has 1 N–H and O–H groups in total. The summed E-state index contributed by atoms with van der Waals surface area (Å²) in [6.45, 7) is 0.902. The molecule has 5 nitrogen and oxygen atoms in total. The highest BCUT2D eigenvalue weighted by atomic mass is 19.1. The summed E-state index contributed by atoms with van der Waals surface area (Å²) in [4.78, 5) is 19.3. The van der Waals surface area contributed by atoms with Crippen molar-refractivity contribution in [1.29, 1.82) is 0 Å². The molecule has 36 heavy (non-hydrogen) atoms. The number of aliphatic hydroxyl groups is 1. The minimum absolute atomic E-state index is 0.0284. The number of likely N-dealkylation sites (tertiary alicyclic amines) is 1. The predicted octanol–water partition coefficient (Wildman–Crippen LogP) is 4.43. The summed E-state index contributed by atoms with van der Waals surface area (Å²) in [5.41, 5.74) is -0.176. The highest BCUT2D eigenvalue weighted by molar-refractivity contribution is 5.84. The summed E-state index contributed by atoms with van der Waals surface area (Å²) >= 11 is 0. The largest absolute Gasteiger partial charge is 0.393 e. The van der Waals surface area contributed by atoms with Crippen molar-refractivity contribution in [3.05, 3.63) is 77.4 Å². The molecule has 3 aliphatic rings. The Bertz CT molecular complexity index is 1140. The molecule has 2 amide bonds. The number of hydrogen-bond acceptors (Lipinski definition) is 3. The Morgan fingerprint density at radius 1 is 1.14 bits per heavy atom. The summed E-state index contributed by atoms with van der Waals surface area (Å²) in [6, 6.07) is 11.3. The Balaban J connectivity index is 1.56. The molecular formula is C28H32F3N3O2. The van der Waals surface area contributed by atoms with Crippen molar-refractivity contribution < 1.29 is 23.1 Å². The Kier molecular flexibility index (Phi) is 6.83. The third-order valence-electron chi connectivity index (χ3n) is 7.75. The molecule has 2 aromatic carbocycles. The minimum atomic E-state index is -1.29. The zero-order chi connectivity index (χ0) is 25.4.